The lowest BCUT2D eigenvalue weighted by Crippen LogP contribution is -2.04. The summed E-state index contributed by atoms with van der Waals surface area (Å²) in [6.45, 7) is 0.348. The van der Waals surface area contributed by atoms with E-state index in [9.17, 15) is 0 Å². The first-order valence-corrected chi connectivity index (χ1v) is 4.53. The van der Waals surface area contributed by atoms with Crippen molar-refractivity contribution in [2.75, 3.05) is 6.79 Å². The van der Waals surface area contributed by atoms with Crippen molar-refractivity contribution in [3.05, 3.63) is 23.3 Å². The first kappa shape index (κ1) is 7.21. The molecule has 1 aliphatic carbocycles. The van der Waals surface area contributed by atoms with Gasteiger partial charge in [-0.2, -0.15) is 0 Å². The van der Waals surface area contributed by atoms with Crippen LogP contribution < -0.4 is 15.2 Å². The van der Waals surface area contributed by atoms with Crippen LogP contribution in [0.5, 0.6) is 11.5 Å². The second-order valence-electron chi connectivity index (χ2n) is 3.51. The monoisotopic (exact) mass is 177 g/mol. The highest BCUT2D eigenvalue weighted by Gasteiger charge is 2.27. The molecule has 0 unspecified atom stereocenters. The molecule has 3 rings (SSSR count). The Kier molecular flexibility index (Phi) is 1.32. The van der Waals surface area contributed by atoms with Gasteiger partial charge in [0.1, 0.15) is 0 Å². The molecule has 0 saturated carbocycles. The van der Waals surface area contributed by atoms with Crippen LogP contribution in [0.2, 0.25) is 0 Å². The molecule has 0 amide bonds. The molecule has 2 aliphatic rings. The normalized spacial score (nSPS) is 23.3. The van der Waals surface area contributed by atoms with Crippen molar-refractivity contribution in [3.63, 3.8) is 0 Å². The van der Waals surface area contributed by atoms with Gasteiger partial charge in [0.2, 0.25) is 6.79 Å². The fourth-order valence-corrected chi connectivity index (χ4v) is 2.11. The van der Waals surface area contributed by atoms with E-state index in [1.807, 2.05) is 6.07 Å². The molecule has 0 bridgehead atoms. The molecule has 0 fully saturated rings. The summed E-state index contributed by atoms with van der Waals surface area (Å²) in [5.74, 6) is 1.79. The minimum Gasteiger partial charge on any atom is -0.454 e. The zero-order valence-corrected chi connectivity index (χ0v) is 7.25. The summed E-state index contributed by atoms with van der Waals surface area (Å²) in [4.78, 5) is 0. The molecule has 0 aromatic heterocycles. The van der Waals surface area contributed by atoms with Crippen LogP contribution in [0.1, 0.15) is 23.6 Å². The predicted octanol–water partition coefficient (Wildman–Crippen LogP) is 1.36. The molecule has 0 saturated heterocycles. The molecule has 68 valence electrons. The molecule has 1 aromatic carbocycles. The highest BCUT2D eigenvalue weighted by molar-refractivity contribution is 5.54. The maximum absolute atomic E-state index is 5.94. The van der Waals surface area contributed by atoms with E-state index in [0.717, 1.165) is 24.3 Å². The van der Waals surface area contributed by atoms with Gasteiger partial charge in [-0.15, -0.1) is 0 Å². The average molecular weight is 177 g/mol. The number of ether oxygens (including phenoxy) is 2. The number of nitrogens with two attached hydrogens (primary N) is 1. The van der Waals surface area contributed by atoms with Crippen LogP contribution >= 0.6 is 0 Å². The zero-order chi connectivity index (χ0) is 8.84. The molecule has 13 heavy (non-hydrogen) atoms. The van der Waals surface area contributed by atoms with Crippen molar-refractivity contribution in [2.24, 2.45) is 5.73 Å². The molecular formula is C10H11NO2. The topological polar surface area (TPSA) is 44.5 Å². The van der Waals surface area contributed by atoms with Gasteiger partial charge in [-0.3, -0.25) is 0 Å². The minimum absolute atomic E-state index is 0.185. The van der Waals surface area contributed by atoms with Gasteiger partial charge in [-0.25, -0.2) is 0 Å². The maximum atomic E-state index is 5.94. The molecule has 3 heteroatoms. The Hall–Kier alpha value is -1.22. The van der Waals surface area contributed by atoms with Crippen molar-refractivity contribution in [3.8, 4) is 11.5 Å². The standard InChI is InChI=1S/C10H11NO2/c11-8-3-1-7-6(8)2-4-9-10(7)13-5-12-9/h2,4,8H,1,3,5,11H2/t8-/m1/s1. The number of benzene rings is 1. The summed E-state index contributed by atoms with van der Waals surface area (Å²) < 4.78 is 10.7. The number of hydrogen-bond acceptors (Lipinski definition) is 3. The summed E-state index contributed by atoms with van der Waals surface area (Å²) in [6.07, 6.45) is 2.04. The number of hydrogen-bond donors (Lipinski definition) is 1. The molecule has 2 N–H and O–H groups in total. The number of rotatable bonds is 0. The molecular weight excluding hydrogens is 166 g/mol. The Labute approximate surface area is 76.4 Å². The summed E-state index contributed by atoms with van der Waals surface area (Å²) in [5, 5.41) is 0. The highest BCUT2D eigenvalue weighted by Crippen LogP contribution is 2.43. The van der Waals surface area contributed by atoms with E-state index in [2.05, 4.69) is 6.07 Å². The SMILES string of the molecule is N[C@@H]1CCc2c1ccc1c2OCO1. The van der Waals surface area contributed by atoms with Gasteiger partial charge in [0, 0.05) is 11.6 Å². The van der Waals surface area contributed by atoms with Gasteiger partial charge in [0.15, 0.2) is 11.5 Å². The third-order valence-corrected chi connectivity index (χ3v) is 2.78. The van der Waals surface area contributed by atoms with Crippen molar-refractivity contribution in [1.29, 1.82) is 0 Å². The third kappa shape index (κ3) is 0.877. The Morgan fingerprint density at radius 3 is 3.15 bits per heavy atom. The van der Waals surface area contributed by atoms with Crippen molar-refractivity contribution in [2.45, 2.75) is 18.9 Å². The second kappa shape index (κ2) is 2.39. The Bertz CT molecular complexity index is 362. The Morgan fingerprint density at radius 2 is 2.23 bits per heavy atom. The molecule has 0 radical (unpaired) electrons. The first-order valence-electron chi connectivity index (χ1n) is 4.53. The van der Waals surface area contributed by atoms with Gasteiger partial charge in [-0.05, 0) is 24.5 Å². The molecule has 1 aromatic rings. The van der Waals surface area contributed by atoms with Gasteiger partial charge in [-0.1, -0.05) is 6.07 Å². The van der Waals surface area contributed by atoms with Gasteiger partial charge in [0.25, 0.3) is 0 Å². The van der Waals surface area contributed by atoms with Gasteiger partial charge >= 0.3 is 0 Å². The summed E-state index contributed by atoms with van der Waals surface area (Å²) >= 11 is 0. The molecule has 1 heterocycles. The van der Waals surface area contributed by atoms with E-state index in [4.69, 9.17) is 15.2 Å². The fraction of sp³-hybridized carbons (Fsp3) is 0.400. The lowest BCUT2D eigenvalue weighted by molar-refractivity contribution is 0.173. The average Bonchev–Trinajstić information content (AvgIpc) is 2.70. The smallest absolute Gasteiger partial charge is 0.231 e. The third-order valence-electron chi connectivity index (χ3n) is 2.78. The van der Waals surface area contributed by atoms with Gasteiger partial charge < -0.3 is 15.2 Å². The van der Waals surface area contributed by atoms with Crippen LogP contribution in [0.25, 0.3) is 0 Å². The fourth-order valence-electron chi connectivity index (χ4n) is 2.11. The Morgan fingerprint density at radius 1 is 1.31 bits per heavy atom. The van der Waals surface area contributed by atoms with Crippen molar-refractivity contribution in [1.82, 2.24) is 0 Å². The maximum Gasteiger partial charge on any atom is 0.231 e. The zero-order valence-electron chi connectivity index (χ0n) is 7.25. The lowest BCUT2D eigenvalue weighted by Gasteiger charge is -2.05. The molecule has 0 spiro atoms. The lowest BCUT2D eigenvalue weighted by atomic mass is 10.1. The second-order valence-corrected chi connectivity index (χ2v) is 3.51. The molecule has 1 atom stereocenters. The van der Waals surface area contributed by atoms with Crippen molar-refractivity contribution >= 4 is 0 Å². The largest absolute Gasteiger partial charge is 0.454 e. The molecule has 3 nitrogen and oxygen atoms in total. The van der Waals surface area contributed by atoms with E-state index in [0.29, 0.717) is 6.79 Å². The van der Waals surface area contributed by atoms with E-state index >= 15 is 0 Å². The van der Waals surface area contributed by atoms with E-state index < -0.39 is 0 Å². The van der Waals surface area contributed by atoms with Crippen LogP contribution in [0.3, 0.4) is 0 Å². The highest BCUT2D eigenvalue weighted by atomic mass is 16.7. The predicted molar refractivity (Wildman–Crippen MR) is 47.8 cm³/mol. The molecule has 1 aliphatic heterocycles. The number of fused-ring (bicyclic) bond motifs is 3. The van der Waals surface area contributed by atoms with Crippen LogP contribution in [0.15, 0.2) is 12.1 Å². The minimum atomic E-state index is 0.185. The summed E-state index contributed by atoms with van der Waals surface area (Å²) in [5.41, 5.74) is 8.42. The van der Waals surface area contributed by atoms with E-state index in [-0.39, 0.29) is 6.04 Å². The van der Waals surface area contributed by atoms with Gasteiger partial charge in [0.05, 0.1) is 0 Å². The van der Waals surface area contributed by atoms with E-state index in [1.54, 1.807) is 0 Å². The Balaban J connectivity index is 2.21. The van der Waals surface area contributed by atoms with E-state index in [1.165, 1.54) is 11.1 Å². The summed E-state index contributed by atoms with van der Waals surface area (Å²) in [6, 6.07) is 4.19. The van der Waals surface area contributed by atoms with Crippen LogP contribution in [-0.4, -0.2) is 6.79 Å². The van der Waals surface area contributed by atoms with Crippen molar-refractivity contribution < 1.29 is 9.47 Å². The summed E-state index contributed by atoms with van der Waals surface area (Å²) in [7, 11) is 0. The van der Waals surface area contributed by atoms with Crippen LogP contribution in [0.4, 0.5) is 0 Å². The van der Waals surface area contributed by atoms with Crippen LogP contribution in [-0.2, 0) is 6.42 Å². The quantitative estimate of drug-likeness (QED) is 0.650. The van der Waals surface area contributed by atoms with Crippen LogP contribution in [0, 0.1) is 0 Å². The first-order chi connectivity index (χ1) is 6.36.